The van der Waals surface area contributed by atoms with Crippen molar-refractivity contribution in [1.82, 2.24) is 10.3 Å². The second-order valence-corrected chi connectivity index (χ2v) is 7.46. The number of nitrogens with one attached hydrogen (secondary N) is 2. The van der Waals surface area contributed by atoms with E-state index in [1.807, 2.05) is 6.92 Å². The number of hydrogen-bond acceptors (Lipinski definition) is 2. The number of aromatic nitrogens is 1. The van der Waals surface area contributed by atoms with Crippen molar-refractivity contribution in [2.75, 3.05) is 0 Å². The molecule has 0 fully saturated rings. The van der Waals surface area contributed by atoms with Crippen molar-refractivity contribution in [3.05, 3.63) is 39.9 Å². The van der Waals surface area contributed by atoms with Crippen molar-refractivity contribution >= 4 is 18.0 Å². The maximum absolute atomic E-state index is 12.2. The highest BCUT2D eigenvalue weighted by Crippen LogP contribution is 2.28. The summed E-state index contributed by atoms with van der Waals surface area (Å²) in [6.45, 7) is 6.30. The molecule has 1 amide bonds. The van der Waals surface area contributed by atoms with Crippen LogP contribution in [0.3, 0.4) is 0 Å². The third-order valence-electron chi connectivity index (χ3n) is 5.35. The van der Waals surface area contributed by atoms with Gasteiger partial charge in [0.15, 0.2) is 0 Å². The van der Waals surface area contributed by atoms with Gasteiger partial charge in [0.05, 0.1) is 0 Å². The van der Waals surface area contributed by atoms with Crippen molar-refractivity contribution in [3.8, 4) is 0 Å². The molecule has 0 saturated heterocycles. The highest BCUT2D eigenvalue weighted by molar-refractivity contribution is 6.01. The van der Waals surface area contributed by atoms with E-state index in [0.717, 1.165) is 80.3 Å². The Morgan fingerprint density at radius 1 is 1.04 bits per heavy atom. The van der Waals surface area contributed by atoms with E-state index in [9.17, 15) is 9.59 Å². The van der Waals surface area contributed by atoms with Crippen LogP contribution in [0, 0.1) is 0 Å². The van der Waals surface area contributed by atoms with Gasteiger partial charge in [-0.15, -0.1) is 0 Å². The summed E-state index contributed by atoms with van der Waals surface area (Å²) in [6, 6.07) is 2.19. The van der Waals surface area contributed by atoms with Crippen LogP contribution in [0.15, 0.2) is 22.9 Å². The van der Waals surface area contributed by atoms with Crippen molar-refractivity contribution in [1.29, 1.82) is 0 Å². The van der Waals surface area contributed by atoms with Gasteiger partial charge in [-0.25, -0.2) is 0 Å². The molecule has 154 valence electrons. The number of carboxylic acids is 1. The number of aliphatic carboxylic acids is 1. The number of carbonyl (C=O) groups excluding carboxylic acids is 1. The molecule has 3 N–H and O–H groups in total. The first-order valence-corrected chi connectivity index (χ1v) is 10.7. The Balaban J connectivity index is 2.14. The van der Waals surface area contributed by atoms with Gasteiger partial charge in [0, 0.05) is 29.1 Å². The molecule has 0 unspecified atom stereocenters. The average molecular weight is 387 g/mol. The van der Waals surface area contributed by atoms with Crippen molar-refractivity contribution in [2.24, 2.45) is 0 Å². The standard InChI is InChI=1S/C23H34N2O3/c1-4-7-12-20-16(11-9-8-10-13-22(26)27)14-17(24-20)15-21-18(5-2)19(6-3)23(28)25-21/h14-15,24H,4-13H2,1-3H3,(H,25,28)(H,26,27)/b21-15-. The van der Waals surface area contributed by atoms with E-state index in [1.54, 1.807) is 0 Å². The molecule has 1 aliphatic heterocycles. The lowest BCUT2D eigenvalue weighted by Gasteiger charge is -2.03. The van der Waals surface area contributed by atoms with Gasteiger partial charge < -0.3 is 15.4 Å². The van der Waals surface area contributed by atoms with Crippen molar-refractivity contribution < 1.29 is 14.7 Å². The number of carboxylic acid groups (broad SMARTS) is 1. The zero-order valence-electron chi connectivity index (χ0n) is 17.5. The summed E-state index contributed by atoms with van der Waals surface area (Å²) in [5.41, 5.74) is 6.55. The first-order valence-electron chi connectivity index (χ1n) is 10.7. The van der Waals surface area contributed by atoms with Gasteiger partial charge in [-0.1, -0.05) is 33.6 Å². The lowest BCUT2D eigenvalue weighted by Crippen LogP contribution is -2.16. The second kappa shape index (κ2) is 10.9. The first-order chi connectivity index (χ1) is 13.5. The summed E-state index contributed by atoms with van der Waals surface area (Å²) in [4.78, 5) is 26.4. The third kappa shape index (κ3) is 5.85. The van der Waals surface area contributed by atoms with E-state index < -0.39 is 5.97 Å². The molecular formula is C23H34N2O3. The Morgan fingerprint density at radius 3 is 2.43 bits per heavy atom. The van der Waals surface area contributed by atoms with Crippen LogP contribution >= 0.6 is 0 Å². The zero-order valence-corrected chi connectivity index (χ0v) is 17.5. The Kier molecular flexibility index (Phi) is 8.55. The van der Waals surface area contributed by atoms with E-state index in [4.69, 9.17) is 5.11 Å². The summed E-state index contributed by atoms with van der Waals surface area (Å²) in [5, 5.41) is 11.8. The summed E-state index contributed by atoms with van der Waals surface area (Å²) in [5.74, 6) is -0.689. The summed E-state index contributed by atoms with van der Waals surface area (Å²) in [6.07, 6.45) is 10.8. The summed E-state index contributed by atoms with van der Waals surface area (Å²) < 4.78 is 0. The molecule has 2 rings (SSSR count). The van der Waals surface area contributed by atoms with E-state index in [0.29, 0.717) is 0 Å². The summed E-state index contributed by atoms with van der Waals surface area (Å²) in [7, 11) is 0. The molecule has 5 heteroatoms. The minimum atomic E-state index is -0.718. The highest BCUT2D eigenvalue weighted by Gasteiger charge is 2.24. The normalized spacial score (nSPS) is 15.5. The molecule has 0 saturated carbocycles. The topological polar surface area (TPSA) is 82.2 Å². The lowest BCUT2D eigenvalue weighted by molar-refractivity contribution is -0.137. The van der Waals surface area contributed by atoms with E-state index in [-0.39, 0.29) is 12.3 Å². The zero-order chi connectivity index (χ0) is 20.5. The van der Waals surface area contributed by atoms with Crippen LogP contribution in [0.1, 0.15) is 89.1 Å². The number of amides is 1. The van der Waals surface area contributed by atoms with Gasteiger partial charge in [0.25, 0.3) is 5.91 Å². The minimum Gasteiger partial charge on any atom is -0.481 e. The molecule has 0 atom stereocenters. The molecule has 0 radical (unpaired) electrons. The monoisotopic (exact) mass is 386 g/mol. The van der Waals surface area contributed by atoms with Gasteiger partial charge in [-0.2, -0.15) is 0 Å². The molecule has 1 aromatic heterocycles. The Labute approximate surface area is 168 Å². The first kappa shape index (κ1) is 22.0. The fourth-order valence-corrected chi connectivity index (χ4v) is 3.84. The number of rotatable bonds is 12. The predicted molar refractivity (Wildman–Crippen MR) is 113 cm³/mol. The molecule has 1 aromatic rings. The average Bonchev–Trinajstić information content (AvgIpc) is 3.18. The predicted octanol–water partition coefficient (Wildman–Crippen LogP) is 5.13. The smallest absolute Gasteiger partial charge is 0.303 e. The number of aromatic amines is 1. The van der Waals surface area contributed by atoms with Crippen LogP contribution in [0.5, 0.6) is 0 Å². The number of aryl methyl sites for hydroxylation is 2. The highest BCUT2D eigenvalue weighted by atomic mass is 16.4. The van der Waals surface area contributed by atoms with E-state index >= 15 is 0 Å². The molecular weight excluding hydrogens is 352 g/mol. The number of carbonyl (C=O) groups is 2. The largest absolute Gasteiger partial charge is 0.481 e. The lowest BCUT2D eigenvalue weighted by atomic mass is 10.0. The number of allylic oxidation sites excluding steroid dienone is 1. The van der Waals surface area contributed by atoms with Crippen LogP contribution in [0.25, 0.3) is 6.08 Å². The SMILES string of the molecule is CCCCc1[nH]c(/C=C2\NC(=O)C(CC)=C2CC)cc1CCCCCC(=O)O. The van der Waals surface area contributed by atoms with Gasteiger partial charge in [0.2, 0.25) is 0 Å². The van der Waals surface area contributed by atoms with Crippen LogP contribution in [0.4, 0.5) is 0 Å². The summed E-state index contributed by atoms with van der Waals surface area (Å²) >= 11 is 0. The Morgan fingerprint density at radius 2 is 1.79 bits per heavy atom. The molecule has 28 heavy (non-hydrogen) atoms. The van der Waals surface area contributed by atoms with Crippen LogP contribution in [0.2, 0.25) is 0 Å². The molecule has 2 heterocycles. The quantitative estimate of drug-likeness (QED) is 0.435. The number of unbranched alkanes of at least 4 members (excludes halogenated alkanes) is 3. The van der Waals surface area contributed by atoms with E-state index in [1.165, 1.54) is 11.3 Å². The van der Waals surface area contributed by atoms with Crippen molar-refractivity contribution in [2.45, 2.75) is 85.0 Å². The molecule has 5 nitrogen and oxygen atoms in total. The minimum absolute atomic E-state index is 0.0296. The Bertz CT molecular complexity index is 756. The van der Waals surface area contributed by atoms with Crippen molar-refractivity contribution in [3.63, 3.8) is 0 Å². The van der Waals surface area contributed by atoms with Gasteiger partial charge in [0.1, 0.15) is 0 Å². The van der Waals surface area contributed by atoms with Gasteiger partial charge in [-0.3, -0.25) is 9.59 Å². The van der Waals surface area contributed by atoms with Crippen LogP contribution in [-0.2, 0) is 22.4 Å². The number of hydrogen-bond donors (Lipinski definition) is 3. The molecule has 1 aliphatic rings. The fraction of sp³-hybridized carbons (Fsp3) is 0.565. The molecule has 0 spiro atoms. The third-order valence-corrected chi connectivity index (χ3v) is 5.35. The molecule has 0 bridgehead atoms. The van der Waals surface area contributed by atoms with E-state index in [2.05, 4.69) is 36.3 Å². The van der Waals surface area contributed by atoms with Crippen LogP contribution < -0.4 is 5.32 Å². The Hall–Kier alpha value is -2.30. The maximum Gasteiger partial charge on any atom is 0.303 e. The maximum atomic E-state index is 12.2. The molecule has 0 aliphatic carbocycles. The van der Waals surface area contributed by atoms with Gasteiger partial charge >= 0.3 is 5.97 Å². The second-order valence-electron chi connectivity index (χ2n) is 7.46. The van der Waals surface area contributed by atoms with Crippen LogP contribution in [-0.4, -0.2) is 22.0 Å². The fourth-order valence-electron chi connectivity index (χ4n) is 3.84. The van der Waals surface area contributed by atoms with Gasteiger partial charge in [-0.05, 0) is 68.2 Å². The number of H-pyrrole nitrogens is 1. The molecule has 0 aromatic carbocycles.